The van der Waals surface area contributed by atoms with Gasteiger partial charge in [0, 0.05) is 21.7 Å². The predicted molar refractivity (Wildman–Crippen MR) is 149 cm³/mol. The first kappa shape index (κ1) is 26.9. The van der Waals surface area contributed by atoms with E-state index in [0.29, 0.717) is 27.6 Å². The third kappa shape index (κ3) is 4.91. The largest absolute Gasteiger partial charge is 0.479 e. The molecule has 0 aliphatic heterocycles. The number of fused-ring (bicyclic) bond motifs is 1. The van der Waals surface area contributed by atoms with Crippen LogP contribution in [-0.2, 0) is 0 Å². The zero-order valence-electron chi connectivity index (χ0n) is 22.5. The van der Waals surface area contributed by atoms with Gasteiger partial charge in [-0.05, 0) is 48.7 Å². The highest BCUT2D eigenvalue weighted by Crippen LogP contribution is 2.38. The minimum Gasteiger partial charge on any atom is -0.479 e. The summed E-state index contributed by atoms with van der Waals surface area (Å²) in [6.07, 6.45) is 1.49. The molecule has 0 saturated heterocycles. The van der Waals surface area contributed by atoms with E-state index < -0.39 is 12.0 Å². The molecule has 0 bridgehead atoms. The third-order valence-electron chi connectivity index (χ3n) is 6.48. The summed E-state index contributed by atoms with van der Waals surface area (Å²) in [5.41, 5.74) is 4.28. The number of aromatic nitrogens is 5. The number of hydrogen-bond donors (Lipinski definition) is 2. The van der Waals surface area contributed by atoms with Crippen molar-refractivity contribution in [2.24, 2.45) is 0 Å². The van der Waals surface area contributed by atoms with Crippen molar-refractivity contribution < 1.29 is 23.9 Å². The van der Waals surface area contributed by atoms with Gasteiger partial charge in [0.05, 0.1) is 37.8 Å². The summed E-state index contributed by atoms with van der Waals surface area (Å²) in [6, 6.07) is 12.3. The molecule has 0 aliphatic rings. The van der Waals surface area contributed by atoms with E-state index in [9.17, 15) is 9.90 Å². The topological polar surface area (TPSA) is 137 Å². The molecular formula is C28H27ClN6O5. The number of methoxy groups -OCH3 is 2. The standard InChI is InChI=1S/C28H27ClN6O5/c1-14(2)25-22(24(27(36)37)33-35(25)20-13-30-28(39-5)32-26(20)38-4)23(16-6-8-17(29)9-7-16)31-18-10-11-21-19(12-18)15(3)34-40-21/h6-14,23,31H,1-5H3,(H,36,37). The van der Waals surface area contributed by atoms with E-state index in [1.807, 2.05) is 51.1 Å². The average Bonchev–Trinajstić information content (AvgIpc) is 3.53. The van der Waals surface area contributed by atoms with Crippen molar-refractivity contribution in [3.05, 3.63) is 81.9 Å². The fraction of sp³-hybridized carbons (Fsp3) is 0.250. The van der Waals surface area contributed by atoms with Crippen LogP contribution in [0.5, 0.6) is 11.9 Å². The van der Waals surface area contributed by atoms with Gasteiger partial charge in [0.1, 0.15) is 5.69 Å². The number of nitrogens with zero attached hydrogens (tertiary/aromatic N) is 5. The molecule has 3 heterocycles. The minimum atomic E-state index is -1.19. The van der Waals surface area contributed by atoms with Crippen LogP contribution < -0.4 is 14.8 Å². The maximum atomic E-state index is 12.7. The van der Waals surface area contributed by atoms with E-state index in [2.05, 4.69) is 25.5 Å². The first-order valence-electron chi connectivity index (χ1n) is 12.4. The maximum absolute atomic E-state index is 12.7. The monoisotopic (exact) mass is 562 g/mol. The molecule has 3 aromatic heterocycles. The summed E-state index contributed by atoms with van der Waals surface area (Å²) >= 11 is 6.21. The second-order valence-corrected chi connectivity index (χ2v) is 9.81. The van der Waals surface area contributed by atoms with E-state index >= 15 is 0 Å². The van der Waals surface area contributed by atoms with E-state index in [4.69, 9.17) is 25.6 Å². The summed E-state index contributed by atoms with van der Waals surface area (Å²) in [5, 5.41) is 23.9. The predicted octanol–water partition coefficient (Wildman–Crippen LogP) is 5.81. The number of aryl methyl sites for hydroxylation is 1. The fourth-order valence-corrected chi connectivity index (χ4v) is 4.78. The maximum Gasteiger partial charge on any atom is 0.356 e. The molecule has 0 saturated carbocycles. The van der Waals surface area contributed by atoms with Gasteiger partial charge in [0.15, 0.2) is 11.3 Å². The molecule has 0 radical (unpaired) electrons. The van der Waals surface area contributed by atoms with Crippen LogP contribution in [0.15, 0.2) is 53.2 Å². The van der Waals surface area contributed by atoms with Crippen molar-refractivity contribution in [3.63, 3.8) is 0 Å². The second kappa shape index (κ2) is 10.9. The van der Waals surface area contributed by atoms with Crippen LogP contribution >= 0.6 is 11.6 Å². The van der Waals surface area contributed by atoms with Gasteiger partial charge in [-0.3, -0.25) is 0 Å². The first-order chi connectivity index (χ1) is 19.2. The molecule has 1 atom stereocenters. The van der Waals surface area contributed by atoms with Gasteiger partial charge in [-0.1, -0.05) is 42.7 Å². The summed E-state index contributed by atoms with van der Waals surface area (Å²) in [6.45, 7) is 5.79. The van der Waals surface area contributed by atoms with E-state index in [0.717, 1.165) is 22.3 Å². The lowest BCUT2D eigenvalue weighted by Gasteiger charge is -2.24. The number of aromatic carboxylic acids is 1. The summed E-state index contributed by atoms with van der Waals surface area (Å²) < 4.78 is 17.5. The SMILES string of the molecule is COc1ncc(-n2nc(C(=O)O)c(C(Nc3ccc4onc(C)c4c3)c3ccc(Cl)cc3)c2C(C)C)c(OC)n1. The lowest BCUT2D eigenvalue weighted by molar-refractivity contribution is 0.0688. The number of carboxylic acid groups (broad SMARTS) is 1. The smallest absolute Gasteiger partial charge is 0.356 e. The van der Waals surface area contributed by atoms with Crippen molar-refractivity contribution in [2.75, 3.05) is 19.5 Å². The van der Waals surface area contributed by atoms with Crippen LogP contribution in [-0.4, -0.2) is 50.2 Å². The molecule has 5 aromatic rings. The molecule has 40 heavy (non-hydrogen) atoms. The Hall–Kier alpha value is -4.64. The number of carbonyl (C=O) groups is 1. The van der Waals surface area contributed by atoms with Crippen molar-refractivity contribution >= 4 is 34.2 Å². The molecule has 206 valence electrons. The van der Waals surface area contributed by atoms with Gasteiger partial charge in [0.25, 0.3) is 0 Å². The first-order valence-corrected chi connectivity index (χ1v) is 12.8. The van der Waals surface area contributed by atoms with Crippen molar-refractivity contribution in [2.45, 2.75) is 32.7 Å². The van der Waals surface area contributed by atoms with Gasteiger partial charge in [-0.2, -0.15) is 10.1 Å². The van der Waals surface area contributed by atoms with Gasteiger partial charge >= 0.3 is 12.0 Å². The molecular weight excluding hydrogens is 536 g/mol. The highest BCUT2D eigenvalue weighted by Gasteiger charge is 2.33. The number of anilines is 1. The summed E-state index contributed by atoms with van der Waals surface area (Å²) in [4.78, 5) is 21.2. The van der Waals surface area contributed by atoms with Crippen LogP contribution in [0, 0.1) is 6.92 Å². The van der Waals surface area contributed by atoms with Crippen molar-refractivity contribution in [1.82, 2.24) is 24.9 Å². The van der Waals surface area contributed by atoms with E-state index in [1.54, 1.807) is 12.1 Å². The number of halogens is 1. The number of ether oxygens (including phenoxy) is 2. The Balaban J connectivity index is 1.76. The number of hydrogen-bond acceptors (Lipinski definition) is 9. The summed E-state index contributed by atoms with van der Waals surface area (Å²) in [5.74, 6) is -1.17. The van der Waals surface area contributed by atoms with Crippen LogP contribution in [0.1, 0.15) is 58.8 Å². The molecule has 2 N–H and O–H groups in total. The average molecular weight is 563 g/mol. The third-order valence-corrected chi connectivity index (χ3v) is 6.73. The Morgan fingerprint density at radius 2 is 1.88 bits per heavy atom. The zero-order chi connectivity index (χ0) is 28.6. The quantitative estimate of drug-likeness (QED) is 0.226. The van der Waals surface area contributed by atoms with Crippen molar-refractivity contribution in [1.29, 1.82) is 0 Å². The molecule has 12 heteroatoms. The Morgan fingerprint density at radius 1 is 1.12 bits per heavy atom. The lowest BCUT2D eigenvalue weighted by Crippen LogP contribution is -2.18. The number of rotatable bonds is 9. The number of nitrogens with one attached hydrogen (secondary N) is 1. The fourth-order valence-electron chi connectivity index (χ4n) is 4.66. The molecule has 0 amide bonds. The van der Waals surface area contributed by atoms with Gasteiger partial charge in [-0.15, -0.1) is 0 Å². The number of benzene rings is 2. The highest BCUT2D eigenvalue weighted by molar-refractivity contribution is 6.30. The molecule has 1 unspecified atom stereocenters. The molecule has 11 nitrogen and oxygen atoms in total. The van der Waals surface area contributed by atoms with Crippen LogP contribution in [0.25, 0.3) is 16.7 Å². The van der Waals surface area contributed by atoms with Crippen LogP contribution in [0.3, 0.4) is 0 Å². The zero-order valence-corrected chi connectivity index (χ0v) is 23.2. The molecule has 0 fully saturated rings. The normalized spacial score (nSPS) is 12.1. The van der Waals surface area contributed by atoms with E-state index in [1.165, 1.54) is 25.1 Å². The van der Waals surface area contributed by atoms with Crippen LogP contribution in [0.2, 0.25) is 5.02 Å². The van der Waals surface area contributed by atoms with E-state index in [-0.39, 0.29) is 23.5 Å². The van der Waals surface area contributed by atoms with Crippen LogP contribution in [0.4, 0.5) is 5.69 Å². The lowest BCUT2D eigenvalue weighted by atomic mass is 9.92. The van der Waals surface area contributed by atoms with Gasteiger partial charge in [-0.25, -0.2) is 14.5 Å². The Kier molecular flexibility index (Phi) is 7.31. The number of carboxylic acids is 1. The Labute approximate surface area is 234 Å². The highest BCUT2D eigenvalue weighted by atomic mass is 35.5. The van der Waals surface area contributed by atoms with Gasteiger partial charge < -0.3 is 24.4 Å². The molecule has 2 aromatic carbocycles. The summed E-state index contributed by atoms with van der Waals surface area (Å²) in [7, 11) is 2.91. The molecule has 0 spiro atoms. The van der Waals surface area contributed by atoms with Crippen molar-refractivity contribution in [3.8, 4) is 17.6 Å². The van der Waals surface area contributed by atoms with Gasteiger partial charge in [0.2, 0.25) is 5.88 Å². The minimum absolute atomic E-state index is 0.109. The molecule has 5 rings (SSSR count). The Morgan fingerprint density at radius 3 is 2.52 bits per heavy atom. The Bertz CT molecular complexity index is 1700. The molecule has 0 aliphatic carbocycles. The second-order valence-electron chi connectivity index (χ2n) is 9.38.